The fourth-order valence-electron chi connectivity index (χ4n) is 5.27. The highest BCUT2D eigenvalue weighted by molar-refractivity contribution is 14.1. The number of furan rings is 1. The Morgan fingerprint density at radius 3 is 2.58 bits per heavy atom. The number of halogens is 2. The van der Waals surface area contributed by atoms with Crippen LogP contribution in [0.5, 0.6) is 11.5 Å². The Hall–Kier alpha value is -4.48. The predicted molar refractivity (Wildman–Crippen MR) is 191 cm³/mol. The van der Waals surface area contributed by atoms with Crippen LogP contribution >= 0.6 is 38.5 Å². The molecule has 0 spiro atoms. The van der Waals surface area contributed by atoms with Crippen molar-refractivity contribution in [2.75, 3.05) is 6.61 Å². The number of rotatable bonds is 8. The van der Waals surface area contributed by atoms with Crippen molar-refractivity contribution in [2.24, 2.45) is 5.10 Å². The van der Waals surface area contributed by atoms with Crippen molar-refractivity contribution in [1.29, 1.82) is 0 Å². The number of aromatic nitrogens is 2. The standard InChI is InChI=1S/C36H25BrIN3O4/c1-2-43-32-17-22(16-29(38)34(32)44-21-24-10-7-9-23-8-3-4-11-27(23)24)20-39-41-35(40-30-13-6-5-12-28(30)36(41)42)33-19-25-18-26(37)14-15-31(25)45-33/h3-20H,2,21H2,1H3. The van der Waals surface area contributed by atoms with Crippen LogP contribution in [-0.2, 0) is 6.61 Å². The summed E-state index contributed by atoms with van der Waals surface area (Å²) in [6.45, 7) is 2.78. The Balaban J connectivity index is 1.27. The number of fused-ring (bicyclic) bond motifs is 3. The van der Waals surface area contributed by atoms with Crippen LogP contribution < -0.4 is 15.0 Å². The highest BCUT2D eigenvalue weighted by Gasteiger charge is 2.18. The smallest absolute Gasteiger partial charge is 0.282 e. The largest absolute Gasteiger partial charge is 0.490 e. The summed E-state index contributed by atoms with van der Waals surface area (Å²) in [7, 11) is 0. The van der Waals surface area contributed by atoms with E-state index in [9.17, 15) is 4.79 Å². The van der Waals surface area contributed by atoms with Gasteiger partial charge in [0, 0.05) is 9.86 Å². The Bertz CT molecular complexity index is 2310. The normalized spacial score (nSPS) is 11.6. The van der Waals surface area contributed by atoms with Gasteiger partial charge in [-0.25, -0.2) is 4.98 Å². The number of para-hydroxylation sites is 1. The number of hydrogen-bond acceptors (Lipinski definition) is 6. The molecule has 222 valence electrons. The van der Waals surface area contributed by atoms with E-state index in [4.69, 9.17) is 18.9 Å². The van der Waals surface area contributed by atoms with Gasteiger partial charge in [0.2, 0.25) is 5.82 Å². The molecule has 5 aromatic carbocycles. The molecule has 0 bridgehead atoms. The second-order valence-electron chi connectivity index (χ2n) is 10.3. The minimum Gasteiger partial charge on any atom is -0.490 e. The molecule has 9 heteroatoms. The molecule has 2 heterocycles. The van der Waals surface area contributed by atoms with Crippen LogP contribution in [0.3, 0.4) is 0 Å². The summed E-state index contributed by atoms with van der Waals surface area (Å²) in [6.07, 6.45) is 1.62. The number of benzene rings is 5. The number of nitrogens with zero attached hydrogens (tertiary/aromatic N) is 3. The molecular formula is C36H25BrIN3O4. The van der Waals surface area contributed by atoms with Gasteiger partial charge >= 0.3 is 0 Å². The first kappa shape index (κ1) is 29.2. The molecule has 2 aromatic heterocycles. The van der Waals surface area contributed by atoms with E-state index in [2.05, 4.69) is 67.9 Å². The summed E-state index contributed by atoms with van der Waals surface area (Å²) in [4.78, 5) is 18.5. The maximum Gasteiger partial charge on any atom is 0.282 e. The van der Waals surface area contributed by atoms with Gasteiger partial charge in [0.25, 0.3) is 5.56 Å². The van der Waals surface area contributed by atoms with Crippen LogP contribution in [0.2, 0.25) is 0 Å². The Kier molecular flexibility index (Phi) is 8.12. The first-order valence-electron chi connectivity index (χ1n) is 14.3. The second kappa shape index (κ2) is 12.5. The second-order valence-corrected chi connectivity index (χ2v) is 12.4. The minimum absolute atomic E-state index is 0.303. The lowest BCUT2D eigenvalue weighted by atomic mass is 10.1. The maximum absolute atomic E-state index is 13.7. The van der Waals surface area contributed by atoms with Crippen molar-refractivity contribution >= 4 is 77.4 Å². The van der Waals surface area contributed by atoms with Gasteiger partial charge in [-0.15, -0.1) is 0 Å². The lowest BCUT2D eigenvalue weighted by molar-refractivity contribution is 0.268. The fraction of sp³-hybridized carbons (Fsp3) is 0.0833. The molecule has 0 saturated heterocycles. The fourth-order valence-corrected chi connectivity index (χ4v) is 6.43. The van der Waals surface area contributed by atoms with Crippen molar-refractivity contribution in [3.05, 3.63) is 133 Å². The van der Waals surface area contributed by atoms with Gasteiger partial charge in [-0.05, 0) is 99.9 Å². The van der Waals surface area contributed by atoms with Gasteiger partial charge in [0.15, 0.2) is 17.3 Å². The van der Waals surface area contributed by atoms with Crippen molar-refractivity contribution in [3.8, 4) is 23.1 Å². The summed E-state index contributed by atoms with van der Waals surface area (Å²) in [5, 5.41) is 8.29. The van der Waals surface area contributed by atoms with E-state index in [1.807, 2.05) is 73.7 Å². The molecule has 7 aromatic rings. The third-order valence-electron chi connectivity index (χ3n) is 7.36. The highest BCUT2D eigenvalue weighted by Crippen LogP contribution is 2.35. The molecular weight excluding hydrogens is 745 g/mol. The molecule has 0 aliphatic heterocycles. The zero-order valence-corrected chi connectivity index (χ0v) is 27.8. The third kappa shape index (κ3) is 5.85. The molecule has 45 heavy (non-hydrogen) atoms. The van der Waals surface area contributed by atoms with Crippen molar-refractivity contribution in [2.45, 2.75) is 13.5 Å². The van der Waals surface area contributed by atoms with Crippen LogP contribution in [0.25, 0.3) is 44.2 Å². The maximum atomic E-state index is 13.7. The Morgan fingerprint density at radius 2 is 1.71 bits per heavy atom. The zero-order valence-electron chi connectivity index (χ0n) is 24.0. The topological polar surface area (TPSA) is 78.9 Å². The van der Waals surface area contributed by atoms with Gasteiger partial charge in [-0.3, -0.25) is 4.79 Å². The van der Waals surface area contributed by atoms with Crippen LogP contribution in [0, 0.1) is 3.57 Å². The molecule has 0 atom stereocenters. The molecule has 0 N–H and O–H groups in total. The monoisotopic (exact) mass is 769 g/mol. The first-order valence-corrected chi connectivity index (χ1v) is 16.2. The summed E-state index contributed by atoms with van der Waals surface area (Å²) >= 11 is 5.75. The van der Waals surface area contributed by atoms with E-state index in [-0.39, 0.29) is 5.56 Å². The van der Waals surface area contributed by atoms with E-state index in [1.54, 1.807) is 18.3 Å². The number of hydrogen-bond donors (Lipinski definition) is 0. The van der Waals surface area contributed by atoms with E-state index < -0.39 is 0 Å². The Labute approximate surface area is 280 Å². The summed E-state index contributed by atoms with van der Waals surface area (Å²) in [5.74, 6) is 1.99. The molecule has 0 amide bonds. The quantitative estimate of drug-likeness (QED) is 0.114. The zero-order chi connectivity index (χ0) is 30.9. The van der Waals surface area contributed by atoms with Crippen molar-refractivity contribution < 1.29 is 13.9 Å². The Morgan fingerprint density at radius 1 is 0.911 bits per heavy atom. The molecule has 0 unspecified atom stereocenters. The minimum atomic E-state index is -0.303. The van der Waals surface area contributed by atoms with Crippen LogP contribution in [0.4, 0.5) is 0 Å². The van der Waals surface area contributed by atoms with Gasteiger partial charge in [0.1, 0.15) is 12.2 Å². The van der Waals surface area contributed by atoms with Crippen LogP contribution in [0.1, 0.15) is 18.1 Å². The average Bonchev–Trinajstić information content (AvgIpc) is 3.47. The van der Waals surface area contributed by atoms with Crippen molar-refractivity contribution in [1.82, 2.24) is 9.66 Å². The van der Waals surface area contributed by atoms with E-state index in [0.717, 1.165) is 35.3 Å². The summed E-state index contributed by atoms with van der Waals surface area (Å²) in [5.41, 5.74) is 2.77. The molecule has 7 rings (SSSR count). The van der Waals surface area contributed by atoms with Gasteiger partial charge < -0.3 is 13.9 Å². The summed E-state index contributed by atoms with van der Waals surface area (Å²) < 4.78 is 21.6. The predicted octanol–water partition coefficient (Wildman–Crippen LogP) is 9.19. The molecule has 7 nitrogen and oxygen atoms in total. The number of ether oxygens (including phenoxy) is 2. The molecule has 0 aliphatic carbocycles. The average molecular weight is 770 g/mol. The molecule has 0 saturated carbocycles. The molecule has 0 fully saturated rings. The van der Waals surface area contributed by atoms with Gasteiger partial charge in [0.05, 0.1) is 27.3 Å². The van der Waals surface area contributed by atoms with Gasteiger partial charge in [-0.1, -0.05) is 70.5 Å². The molecule has 0 aliphatic rings. The summed E-state index contributed by atoms with van der Waals surface area (Å²) in [6, 6.07) is 33.1. The van der Waals surface area contributed by atoms with Crippen LogP contribution in [-0.4, -0.2) is 22.5 Å². The van der Waals surface area contributed by atoms with Gasteiger partial charge in [-0.2, -0.15) is 9.78 Å². The first-order chi connectivity index (χ1) is 22.0. The lowest BCUT2D eigenvalue weighted by Crippen LogP contribution is -2.20. The van der Waals surface area contributed by atoms with E-state index in [0.29, 0.717) is 52.8 Å². The molecule has 0 radical (unpaired) electrons. The third-order valence-corrected chi connectivity index (χ3v) is 8.65. The van der Waals surface area contributed by atoms with Crippen LogP contribution in [0.15, 0.2) is 122 Å². The highest BCUT2D eigenvalue weighted by atomic mass is 127. The van der Waals surface area contributed by atoms with Crippen molar-refractivity contribution in [3.63, 3.8) is 0 Å². The van der Waals surface area contributed by atoms with E-state index in [1.165, 1.54) is 4.68 Å². The SMILES string of the molecule is CCOc1cc(C=Nn2c(-c3cc4cc(Br)ccc4o3)nc3ccccc3c2=O)cc(I)c1OCc1cccc2ccccc12. The van der Waals surface area contributed by atoms with E-state index >= 15 is 0 Å². The lowest BCUT2D eigenvalue weighted by Gasteiger charge is -2.15.